The van der Waals surface area contributed by atoms with Crippen LogP contribution in [0.15, 0.2) is 24.3 Å². The lowest BCUT2D eigenvalue weighted by Crippen LogP contribution is -2.21. The maximum Gasteiger partial charge on any atom is 0.341 e. The number of rotatable bonds is 5. The third kappa shape index (κ3) is 4.10. The van der Waals surface area contributed by atoms with Gasteiger partial charge in [-0.25, -0.2) is 4.79 Å². The van der Waals surface area contributed by atoms with Crippen molar-refractivity contribution in [3.63, 3.8) is 0 Å². The van der Waals surface area contributed by atoms with Gasteiger partial charge in [-0.1, -0.05) is 12.1 Å². The van der Waals surface area contributed by atoms with E-state index < -0.39 is 5.97 Å². The van der Waals surface area contributed by atoms with Gasteiger partial charge < -0.3 is 14.8 Å². The highest BCUT2D eigenvalue weighted by Crippen LogP contribution is 2.32. The Morgan fingerprint density at radius 1 is 1.22 bits per heavy atom. The van der Waals surface area contributed by atoms with Crippen molar-refractivity contribution in [3.8, 4) is 5.75 Å². The zero-order valence-corrected chi connectivity index (χ0v) is 14.4. The number of carbonyl (C=O) groups excluding carboxylic acids is 2. The number of benzene rings is 1. The van der Waals surface area contributed by atoms with Crippen LogP contribution in [0.2, 0.25) is 0 Å². The summed E-state index contributed by atoms with van der Waals surface area (Å²) in [5.74, 6) is -0.147. The summed E-state index contributed by atoms with van der Waals surface area (Å²) in [6.45, 7) is 5.55. The predicted molar refractivity (Wildman–Crippen MR) is 90.4 cm³/mol. The molecule has 0 saturated carbocycles. The van der Waals surface area contributed by atoms with Crippen LogP contribution in [0.4, 0.5) is 5.00 Å². The fraction of sp³-hybridized carbons (Fsp3) is 0.294. The smallest absolute Gasteiger partial charge is 0.341 e. The van der Waals surface area contributed by atoms with E-state index in [0.29, 0.717) is 16.3 Å². The molecule has 0 aliphatic rings. The van der Waals surface area contributed by atoms with Crippen LogP contribution in [0.3, 0.4) is 0 Å². The fourth-order valence-corrected chi connectivity index (χ4v) is 3.14. The molecule has 2 rings (SSSR count). The molecule has 1 aromatic carbocycles. The summed E-state index contributed by atoms with van der Waals surface area (Å²) in [6.07, 6.45) is 0. The molecule has 5 nitrogen and oxygen atoms in total. The highest BCUT2D eigenvalue weighted by molar-refractivity contribution is 7.16. The fourth-order valence-electron chi connectivity index (χ4n) is 2.08. The summed E-state index contributed by atoms with van der Waals surface area (Å²) >= 11 is 1.35. The summed E-state index contributed by atoms with van der Waals surface area (Å²) in [6, 6.07) is 7.46. The van der Waals surface area contributed by atoms with E-state index in [1.807, 2.05) is 39.0 Å². The number of methoxy groups -OCH3 is 1. The lowest BCUT2D eigenvalue weighted by atomic mass is 10.1. The number of anilines is 1. The van der Waals surface area contributed by atoms with E-state index >= 15 is 0 Å². The van der Waals surface area contributed by atoms with Crippen LogP contribution < -0.4 is 10.1 Å². The number of aryl methyl sites for hydroxylation is 2. The number of amides is 1. The Hall–Kier alpha value is -2.34. The lowest BCUT2D eigenvalue weighted by molar-refractivity contribution is -0.118. The van der Waals surface area contributed by atoms with E-state index in [1.165, 1.54) is 18.4 Å². The quantitative estimate of drug-likeness (QED) is 0.851. The normalized spacial score (nSPS) is 10.3. The molecular formula is C17H19NO4S. The number of ether oxygens (including phenoxy) is 2. The highest BCUT2D eigenvalue weighted by atomic mass is 32.1. The molecule has 0 aliphatic heterocycles. The summed E-state index contributed by atoms with van der Waals surface area (Å²) in [5, 5.41) is 3.22. The Morgan fingerprint density at radius 3 is 2.61 bits per heavy atom. The molecule has 0 fully saturated rings. The van der Waals surface area contributed by atoms with Crippen LogP contribution in [-0.4, -0.2) is 25.6 Å². The van der Waals surface area contributed by atoms with E-state index in [2.05, 4.69) is 5.32 Å². The first-order chi connectivity index (χ1) is 10.9. The Balaban J connectivity index is 2.06. The van der Waals surface area contributed by atoms with Gasteiger partial charge in [-0.2, -0.15) is 0 Å². The minimum Gasteiger partial charge on any atom is -0.484 e. The third-order valence-corrected chi connectivity index (χ3v) is 4.51. The maximum absolute atomic E-state index is 12.1. The Kier molecular flexibility index (Phi) is 5.39. The first kappa shape index (κ1) is 17.0. The van der Waals surface area contributed by atoms with Crippen LogP contribution in [0, 0.1) is 20.8 Å². The van der Waals surface area contributed by atoms with Gasteiger partial charge in [0.25, 0.3) is 5.91 Å². The summed E-state index contributed by atoms with van der Waals surface area (Å²) < 4.78 is 10.2. The van der Waals surface area contributed by atoms with Crippen molar-refractivity contribution >= 4 is 28.2 Å². The SMILES string of the molecule is COC(=O)c1c(NC(=O)COc2cccc(C)c2)sc(C)c1C. The van der Waals surface area contributed by atoms with Gasteiger partial charge in [0.15, 0.2) is 6.61 Å². The molecule has 0 spiro atoms. The minimum atomic E-state index is -0.457. The molecule has 1 aromatic heterocycles. The first-order valence-corrected chi connectivity index (χ1v) is 7.91. The average molecular weight is 333 g/mol. The molecule has 0 atom stereocenters. The summed E-state index contributed by atoms with van der Waals surface area (Å²) in [5.41, 5.74) is 2.27. The van der Waals surface area contributed by atoms with Crippen LogP contribution in [0.5, 0.6) is 5.75 Å². The maximum atomic E-state index is 12.1. The Labute approximate surface area is 139 Å². The largest absolute Gasteiger partial charge is 0.484 e. The van der Waals surface area contributed by atoms with E-state index in [1.54, 1.807) is 6.07 Å². The van der Waals surface area contributed by atoms with Gasteiger partial charge in [0.2, 0.25) is 0 Å². The van der Waals surface area contributed by atoms with Crippen molar-refractivity contribution in [2.24, 2.45) is 0 Å². The number of esters is 1. The zero-order chi connectivity index (χ0) is 17.0. The van der Waals surface area contributed by atoms with Crippen molar-refractivity contribution in [3.05, 3.63) is 45.8 Å². The molecule has 1 heterocycles. The molecule has 23 heavy (non-hydrogen) atoms. The second-order valence-electron chi connectivity index (χ2n) is 5.13. The van der Waals surface area contributed by atoms with E-state index in [0.717, 1.165) is 16.0 Å². The molecule has 6 heteroatoms. The highest BCUT2D eigenvalue weighted by Gasteiger charge is 2.21. The first-order valence-electron chi connectivity index (χ1n) is 7.10. The molecule has 0 saturated heterocycles. The number of carbonyl (C=O) groups is 2. The van der Waals surface area contributed by atoms with Crippen molar-refractivity contribution in [2.75, 3.05) is 19.0 Å². The Morgan fingerprint density at radius 2 is 1.96 bits per heavy atom. The lowest BCUT2D eigenvalue weighted by Gasteiger charge is -2.08. The molecule has 0 aliphatic carbocycles. The van der Waals surface area contributed by atoms with Gasteiger partial charge in [-0.3, -0.25) is 4.79 Å². The molecule has 1 amide bonds. The van der Waals surface area contributed by atoms with Crippen molar-refractivity contribution in [2.45, 2.75) is 20.8 Å². The molecule has 0 unspecified atom stereocenters. The monoisotopic (exact) mass is 333 g/mol. The summed E-state index contributed by atoms with van der Waals surface area (Å²) in [7, 11) is 1.32. The van der Waals surface area contributed by atoms with Crippen molar-refractivity contribution in [1.29, 1.82) is 0 Å². The third-order valence-electron chi connectivity index (χ3n) is 3.39. The minimum absolute atomic E-state index is 0.125. The molecule has 1 N–H and O–H groups in total. The number of thiophene rings is 1. The molecular weight excluding hydrogens is 314 g/mol. The van der Waals surface area contributed by atoms with Crippen molar-refractivity contribution < 1.29 is 19.1 Å². The molecule has 122 valence electrons. The van der Waals surface area contributed by atoms with Gasteiger partial charge in [-0.15, -0.1) is 11.3 Å². The van der Waals surface area contributed by atoms with E-state index in [-0.39, 0.29) is 12.5 Å². The van der Waals surface area contributed by atoms with Crippen LogP contribution in [0.25, 0.3) is 0 Å². The van der Waals surface area contributed by atoms with Gasteiger partial charge in [0, 0.05) is 4.88 Å². The number of hydrogen-bond donors (Lipinski definition) is 1. The zero-order valence-electron chi connectivity index (χ0n) is 13.6. The Bertz CT molecular complexity index is 736. The predicted octanol–water partition coefficient (Wildman–Crippen LogP) is 3.48. The average Bonchev–Trinajstić information content (AvgIpc) is 2.79. The van der Waals surface area contributed by atoms with Gasteiger partial charge in [0.05, 0.1) is 12.7 Å². The van der Waals surface area contributed by atoms with Gasteiger partial charge >= 0.3 is 5.97 Å². The molecule has 0 radical (unpaired) electrons. The van der Waals surface area contributed by atoms with Crippen molar-refractivity contribution in [1.82, 2.24) is 0 Å². The van der Waals surface area contributed by atoms with E-state index in [4.69, 9.17) is 9.47 Å². The van der Waals surface area contributed by atoms with Gasteiger partial charge in [0.1, 0.15) is 10.8 Å². The number of nitrogens with one attached hydrogen (secondary N) is 1. The molecule has 2 aromatic rings. The standard InChI is InChI=1S/C17H19NO4S/c1-10-6-5-7-13(8-10)22-9-14(19)18-16-15(17(20)21-4)11(2)12(3)23-16/h5-8H,9H2,1-4H3,(H,18,19). The molecule has 0 bridgehead atoms. The van der Waals surface area contributed by atoms with Gasteiger partial charge in [-0.05, 0) is 44.0 Å². The van der Waals surface area contributed by atoms with E-state index in [9.17, 15) is 9.59 Å². The van der Waals surface area contributed by atoms with Crippen LogP contribution in [-0.2, 0) is 9.53 Å². The van der Waals surface area contributed by atoms with Crippen LogP contribution >= 0.6 is 11.3 Å². The topological polar surface area (TPSA) is 64.6 Å². The second-order valence-corrected chi connectivity index (χ2v) is 6.36. The second kappa shape index (κ2) is 7.28. The number of hydrogen-bond acceptors (Lipinski definition) is 5. The van der Waals surface area contributed by atoms with Crippen LogP contribution in [0.1, 0.15) is 26.4 Å². The summed E-state index contributed by atoms with van der Waals surface area (Å²) in [4.78, 5) is 24.9.